The fourth-order valence-corrected chi connectivity index (χ4v) is 4.05. The Kier molecular flexibility index (Phi) is 4.91. The molecule has 2 N–H and O–H groups in total. The molecule has 1 fully saturated rings. The standard InChI is InChI=1S/C18H16ClN5O2S/c19-14-2-1-12(24-9-20-21-10-24)7-13(14)18(26)22-15-3-4-16(25)23-17(15)11-5-6-27-8-11/h1-2,5-10,15,17H,3-4H2,(H,22,26)(H,23,25)/t15-,17+/m1/s1. The quantitative estimate of drug-likeness (QED) is 0.703. The molecule has 0 bridgehead atoms. The number of nitrogens with zero attached hydrogens (tertiary/aromatic N) is 3. The van der Waals surface area contributed by atoms with Crippen molar-refractivity contribution in [3.05, 3.63) is 63.8 Å². The van der Waals surface area contributed by atoms with Gasteiger partial charge in [0.25, 0.3) is 5.91 Å². The third-order valence-corrected chi connectivity index (χ3v) is 5.56. The van der Waals surface area contributed by atoms with Crippen LogP contribution in [0.3, 0.4) is 0 Å². The molecule has 1 aliphatic rings. The van der Waals surface area contributed by atoms with Crippen LogP contribution in [0, 0.1) is 0 Å². The van der Waals surface area contributed by atoms with Crippen LogP contribution < -0.4 is 10.6 Å². The molecule has 1 aromatic carbocycles. The molecule has 0 aliphatic carbocycles. The number of benzene rings is 1. The summed E-state index contributed by atoms with van der Waals surface area (Å²) in [5, 5.41) is 17.8. The minimum atomic E-state index is -0.281. The molecule has 3 heterocycles. The molecule has 0 saturated carbocycles. The summed E-state index contributed by atoms with van der Waals surface area (Å²) in [7, 11) is 0. The maximum absolute atomic E-state index is 12.9. The van der Waals surface area contributed by atoms with E-state index in [2.05, 4.69) is 20.8 Å². The van der Waals surface area contributed by atoms with Gasteiger partial charge in [-0.1, -0.05) is 11.6 Å². The van der Waals surface area contributed by atoms with Crippen molar-refractivity contribution in [2.75, 3.05) is 0 Å². The number of hydrogen-bond donors (Lipinski definition) is 2. The predicted molar refractivity (Wildman–Crippen MR) is 102 cm³/mol. The van der Waals surface area contributed by atoms with Crippen molar-refractivity contribution in [1.29, 1.82) is 0 Å². The van der Waals surface area contributed by atoms with Crippen LogP contribution in [0.5, 0.6) is 0 Å². The molecule has 7 nitrogen and oxygen atoms in total. The Balaban J connectivity index is 1.58. The fraction of sp³-hybridized carbons (Fsp3) is 0.222. The summed E-state index contributed by atoms with van der Waals surface area (Å²) in [4.78, 5) is 24.8. The van der Waals surface area contributed by atoms with E-state index in [-0.39, 0.29) is 23.9 Å². The number of rotatable bonds is 4. The van der Waals surface area contributed by atoms with E-state index < -0.39 is 0 Å². The molecule has 1 aliphatic heterocycles. The van der Waals surface area contributed by atoms with Crippen LogP contribution in [0.1, 0.15) is 34.8 Å². The highest BCUT2D eigenvalue weighted by atomic mass is 35.5. The van der Waals surface area contributed by atoms with Gasteiger partial charge < -0.3 is 10.6 Å². The molecule has 27 heavy (non-hydrogen) atoms. The molecule has 4 rings (SSSR count). The maximum atomic E-state index is 12.9. The number of halogens is 1. The van der Waals surface area contributed by atoms with Gasteiger partial charge in [-0.15, -0.1) is 10.2 Å². The first kappa shape index (κ1) is 17.7. The van der Waals surface area contributed by atoms with E-state index in [9.17, 15) is 9.59 Å². The number of nitrogens with one attached hydrogen (secondary N) is 2. The van der Waals surface area contributed by atoms with Crippen LogP contribution in [0.2, 0.25) is 5.02 Å². The van der Waals surface area contributed by atoms with E-state index in [4.69, 9.17) is 11.6 Å². The van der Waals surface area contributed by atoms with Gasteiger partial charge in [0.05, 0.1) is 22.7 Å². The molecule has 2 amide bonds. The number of amides is 2. The largest absolute Gasteiger partial charge is 0.347 e. The smallest absolute Gasteiger partial charge is 0.253 e. The summed E-state index contributed by atoms with van der Waals surface area (Å²) in [6, 6.07) is 6.66. The van der Waals surface area contributed by atoms with Crippen molar-refractivity contribution in [3.8, 4) is 5.69 Å². The van der Waals surface area contributed by atoms with Crippen molar-refractivity contribution in [2.45, 2.75) is 24.9 Å². The summed E-state index contributed by atoms with van der Waals surface area (Å²) in [5.74, 6) is -0.291. The van der Waals surface area contributed by atoms with E-state index in [1.54, 1.807) is 46.8 Å². The molecule has 2 atom stereocenters. The van der Waals surface area contributed by atoms with Gasteiger partial charge in [-0.3, -0.25) is 14.2 Å². The number of carbonyl (C=O) groups excluding carboxylic acids is 2. The van der Waals surface area contributed by atoms with E-state index in [0.717, 1.165) is 11.3 Å². The lowest BCUT2D eigenvalue weighted by molar-refractivity contribution is -0.123. The molecule has 2 aromatic heterocycles. The Hall–Kier alpha value is -2.71. The highest BCUT2D eigenvalue weighted by molar-refractivity contribution is 7.08. The van der Waals surface area contributed by atoms with Crippen molar-refractivity contribution < 1.29 is 9.59 Å². The van der Waals surface area contributed by atoms with Gasteiger partial charge in [-0.05, 0) is 47.0 Å². The van der Waals surface area contributed by atoms with Crippen LogP contribution in [0.4, 0.5) is 0 Å². The molecule has 9 heteroatoms. The number of hydrogen-bond acceptors (Lipinski definition) is 5. The molecular formula is C18H16ClN5O2S. The highest BCUT2D eigenvalue weighted by Gasteiger charge is 2.31. The Morgan fingerprint density at radius 3 is 2.85 bits per heavy atom. The Morgan fingerprint density at radius 2 is 2.11 bits per heavy atom. The average Bonchev–Trinajstić information content (AvgIpc) is 3.37. The van der Waals surface area contributed by atoms with Gasteiger partial charge >= 0.3 is 0 Å². The van der Waals surface area contributed by atoms with Crippen molar-refractivity contribution >= 4 is 34.8 Å². The van der Waals surface area contributed by atoms with Crippen LogP contribution in [-0.2, 0) is 4.79 Å². The predicted octanol–water partition coefficient (Wildman–Crippen LogP) is 2.73. The summed E-state index contributed by atoms with van der Waals surface area (Å²) < 4.78 is 1.70. The summed E-state index contributed by atoms with van der Waals surface area (Å²) in [5.41, 5.74) is 2.09. The second kappa shape index (κ2) is 7.50. The van der Waals surface area contributed by atoms with E-state index >= 15 is 0 Å². The van der Waals surface area contributed by atoms with Gasteiger partial charge in [-0.25, -0.2) is 0 Å². The highest BCUT2D eigenvalue weighted by Crippen LogP contribution is 2.27. The Labute approximate surface area is 164 Å². The van der Waals surface area contributed by atoms with Gasteiger partial charge in [0.15, 0.2) is 0 Å². The monoisotopic (exact) mass is 401 g/mol. The second-order valence-electron chi connectivity index (χ2n) is 6.25. The SMILES string of the molecule is O=C1CC[C@@H](NC(=O)c2cc(-n3cnnc3)ccc2Cl)[C@H](c2ccsc2)N1. The van der Waals surface area contributed by atoms with Crippen LogP contribution in [-0.4, -0.2) is 32.6 Å². The van der Waals surface area contributed by atoms with E-state index in [0.29, 0.717) is 23.4 Å². The van der Waals surface area contributed by atoms with Gasteiger partial charge in [0, 0.05) is 12.1 Å². The lowest BCUT2D eigenvalue weighted by Crippen LogP contribution is -2.50. The lowest BCUT2D eigenvalue weighted by Gasteiger charge is -2.32. The van der Waals surface area contributed by atoms with Gasteiger partial charge in [-0.2, -0.15) is 11.3 Å². The zero-order chi connectivity index (χ0) is 18.8. The van der Waals surface area contributed by atoms with Crippen LogP contribution >= 0.6 is 22.9 Å². The second-order valence-corrected chi connectivity index (χ2v) is 7.44. The van der Waals surface area contributed by atoms with E-state index in [1.165, 1.54) is 0 Å². The third kappa shape index (κ3) is 3.72. The van der Waals surface area contributed by atoms with Gasteiger partial charge in [0.1, 0.15) is 12.7 Å². The first-order valence-electron chi connectivity index (χ1n) is 8.38. The zero-order valence-electron chi connectivity index (χ0n) is 14.1. The first-order chi connectivity index (χ1) is 13.1. The fourth-order valence-electron chi connectivity index (χ4n) is 3.15. The minimum absolute atomic E-state index is 0.00987. The van der Waals surface area contributed by atoms with Crippen LogP contribution in [0.15, 0.2) is 47.7 Å². The molecule has 138 valence electrons. The van der Waals surface area contributed by atoms with Crippen LogP contribution in [0.25, 0.3) is 5.69 Å². The summed E-state index contributed by atoms with van der Waals surface area (Å²) in [6.45, 7) is 0. The third-order valence-electron chi connectivity index (χ3n) is 4.53. The van der Waals surface area contributed by atoms with E-state index in [1.807, 2.05) is 16.8 Å². The lowest BCUT2D eigenvalue weighted by atomic mass is 9.93. The average molecular weight is 402 g/mol. The number of piperidine rings is 1. The molecule has 0 spiro atoms. The Morgan fingerprint density at radius 1 is 1.30 bits per heavy atom. The van der Waals surface area contributed by atoms with Gasteiger partial charge in [0.2, 0.25) is 5.91 Å². The molecule has 3 aromatic rings. The van der Waals surface area contributed by atoms with Crippen molar-refractivity contribution in [1.82, 2.24) is 25.4 Å². The first-order valence-corrected chi connectivity index (χ1v) is 9.71. The number of carbonyl (C=O) groups is 2. The molecule has 1 saturated heterocycles. The Bertz CT molecular complexity index is 958. The molecule has 0 unspecified atom stereocenters. The topological polar surface area (TPSA) is 88.9 Å². The summed E-state index contributed by atoms with van der Waals surface area (Å²) in [6.07, 6.45) is 4.04. The maximum Gasteiger partial charge on any atom is 0.253 e. The van der Waals surface area contributed by atoms with Crippen molar-refractivity contribution in [3.63, 3.8) is 0 Å². The minimum Gasteiger partial charge on any atom is -0.347 e. The normalized spacial score (nSPS) is 19.5. The number of aromatic nitrogens is 3. The zero-order valence-corrected chi connectivity index (χ0v) is 15.7. The van der Waals surface area contributed by atoms with Crippen molar-refractivity contribution in [2.24, 2.45) is 0 Å². The number of thiophene rings is 1. The molecular weight excluding hydrogens is 386 g/mol. The molecule has 0 radical (unpaired) electrons. The summed E-state index contributed by atoms with van der Waals surface area (Å²) >= 11 is 7.81.